The van der Waals surface area contributed by atoms with Gasteiger partial charge in [0.25, 0.3) is 0 Å². The quantitative estimate of drug-likeness (QED) is 0.846. The summed E-state index contributed by atoms with van der Waals surface area (Å²) in [6.07, 6.45) is 5.33. The first kappa shape index (κ1) is 11.1. The summed E-state index contributed by atoms with van der Waals surface area (Å²) in [6, 6.07) is 3.99. The van der Waals surface area contributed by atoms with Crippen LogP contribution in [0.3, 0.4) is 0 Å². The van der Waals surface area contributed by atoms with Gasteiger partial charge < -0.3 is 5.11 Å². The molecule has 1 N–H and O–H groups in total. The van der Waals surface area contributed by atoms with Gasteiger partial charge in [0.05, 0.1) is 5.92 Å². The lowest BCUT2D eigenvalue weighted by Crippen LogP contribution is -2.21. The highest BCUT2D eigenvalue weighted by Crippen LogP contribution is 2.38. The first-order valence-corrected chi connectivity index (χ1v) is 5.90. The van der Waals surface area contributed by atoms with E-state index in [-0.39, 0.29) is 11.8 Å². The summed E-state index contributed by atoms with van der Waals surface area (Å²) in [7, 11) is 0. The Morgan fingerprint density at radius 3 is 3.19 bits per heavy atom. The Morgan fingerprint density at radius 2 is 2.50 bits per heavy atom. The van der Waals surface area contributed by atoms with Crippen LogP contribution >= 0.6 is 0 Å². The molecule has 0 aliphatic heterocycles. The van der Waals surface area contributed by atoms with Gasteiger partial charge in [-0.05, 0) is 30.9 Å². The number of aliphatic carboxylic acids is 1. The molecule has 3 heteroatoms. The molecular weight excluding hydrogens is 202 g/mol. The minimum atomic E-state index is -0.676. The van der Waals surface area contributed by atoms with E-state index in [9.17, 15) is 9.90 Å². The van der Waals surface area contributed by atoms with E-state index in [1.807, 2.05) is 13.0 Å². The van der Waals surface area contributed by atoms with Gasteiger partial charge in [-0.15, -0.1) is 0 Å². The number of nitrogens with zero attached hydrogens (tertiary/aromatic N) is 1. The van der Waals surface area contributed by atoms with Crippen LogP contribution in [0.25, 0.3) is 0 Å². The number of fused-ring (bicyclic) bond motifs is 1. The van der Waals surface area contributed by atoms with Crippen molar-refractivity contribution < 1.29 is 9.90 Å². The average Bonchev–Trinajstić information content (AvgIpc) is 2.69. The van der Waals surface area contributed by atoms with Crippen LogP contribution in [0.1, 0.15) is 43.4 Å². The highest BCUT2D eigenvalue weighted by molar-refractivity contribution is 5.71. The normalized spacial score (nSPS) is 20.4. The van der Waals surface area contributed by atoms with Crippen molar-refractivity contribution in [2.24, 2.45) is 5.92 Å². The molecule has 2 atom stereocenters. The molecule has 1 aliphatic carbocycles. The number of pyridine rings is 1. The van der Waals surface area contributed by atoms with E-state index in [1.165, 1.54) is 5.56 Å². The molecule has 16 heavy (non-hydrogen) atoms. The van der Waals surface area contributed by atoms with Crippen LogP contribution in [0.5, 0.6) is 0 Å². The maximum atomic E-state index is 11.3. The fourth-order valence-electron chi connectivity index (χ4n) is 2.64. The van der Waals surface area contributed by atoms with Crippen LogP contribution in [0.2, 0.25) is 0 Å². The van der Waals surface area contributed by atoms with Crippen molar-refractivity contribution in [1.29, 1.82) is 0 Å². The molecule has 3 nitrogen and oxygen atoms in total. The highest BCUT2D eigenvalue weighted by atomic mass is 16.4. The maximum Gasteiger partial charge on any atom is 0.307 e. The van der Waals surface area contributed by atoms with E-state index in [1.54, 1.807) is 6.20 Å². The molecule has 0 spiro atoms. The zero-order valence-electron chi connectivity index (χ0n) is 9.52. The zero-order valence-corrected chi connectivity index (χ0v) is 9.52. The third-order valence-electron chi connectivity index (χ3n) is 3.40. The molecule has 0 bridgehead atoms. The van der Waals surface area contributed by atoms with Gasteiger partial charge in [0.2, 0.25) is 0 Å². The topological polar surface area (TPSA) is 50.2 Å². The molecule has 0 saturated carbocycles. The van der Waals surface area contributed by atoms with Gasteiger partial charge in [0, 0.05) is 17.8 Å². The van der Waals surface area contributed by atoms with Crippen LogP contribution in [0, 0.1) is 5.92 Å². The molecule has 2 rings (SSSR count). The Bertz CT molecular complexity index is 389. The van der Waals surface area contributed by atoms with E-state index in [0.717, 1.165) is 31.4 Å². The fraction of sp³-hybridized carbons (Fsp3) is 0.538. The Kier molecular flexibility index (Phi) is 3.22. The lowest BCUT2D eigenvalue weighted by Gasteiger charge is -2.18. The Hall–Kier alpha value is -1.38. The number of rotatable bonds is 4. The van der Waals surface area contributed by atoms with Crippen LogP contribution in [0.4, 0.5) is 0 Å². The van der Waals surface area contributed by atoms with Gasteiger partial charge in [-0.1, -0.05) is 19.4 Å². The summed E-state index contributed by atoms with van der Waals surface area (Å²) in [5.74, 6) is -0.819. The summed E-state index contributed by atoms with van der Waals surface area (Å²) in [4.78, 5) is 15.6. The standard InChI is InChI=1S/C13H17NO2/c1-2-4-11(13(15)16)10-7-6-9-5-3-8-14-12(9)10/h3,5,8,10-11H,2,4,6-7H2,1H3,(H,15,16). The molecule has 0 radical (unpaired) electrons. The number of hydrogen-bond acceptors (Lipinski definition) is 2. The number of aromatic nitrogens is 1. The second kappa shape index (κ2) is 4.64. The summed E-state index contributed by atoms with van der Waals surface area (Å²) in [5.41, 5.74) is 2.25. The van der Waals surface area contributed by atoms with Crippen molar-refractivity contribution in [2.45, 2.75) is 38.5 Å². The van der Waals surface area contributed by atoms with Crippen molar-refractivity contribution in [3.8, 4) is 0 Å². The average molecular weight is 219 g/mol. The second-order valence-electron chi connectivity index (χ2n) is 4.43. The molecule has 1 heterocycles. The highest BCUT2D eigenvalue weighted by Gasteiger charge is 2.34. The molecule has 0 aromatic carbocycles. The van der Waals surface area contributed by atoms with E-state index < -0.39 is 5.97 Å². The Morgan fingerprint density at radius 1 is 1.69 bits per heavy atom. The molecule has 0 fully saturated rings. The largest absolute Gasteiger partial charge is 0.481 e. The van der Waals surface area contributed by atoms with Crippen LogP contribution in [0.15, 0.2) is 18.3 Å². The van der Waals surface area contributed by atoms with Crippen molar-refractivity contribution in [1.82, 2.24) is 4.98 Å². The molecule has 1 aromatic rings. The summed E-state index contributed by atoms with van der Waals surface area (Å²) >= 11 is 0. The molecule has 86 valence electrons. The van der Waals surface area contributed by atoms with Gasteiger partial charge in [-0.25, -0.2) is 0 Å². The predicted octanol–water partition coefficient (Wildman–Crippen LogP) is 2.61. The van der Waals surface area contributed by atoms with Gasteiger partial charge in [0.1, 0.15) is 0 Å². The monoisotopic (exact) mass is 219 g/mol. The van der Waals surface area contributed by atoms with E-state index in [4.69, 9.17) is 0 Å². The van der Waals surface area contributed by atoms with Gasteiger partial charge in [0.15, 0.2) is 0 Å². The summed E-state index contributed by atoms with van der Waals surface area (Å²) < 4.78 is 0. The molecule has 1 aliphatic rings. The van der Waals surface area contributed by atoms with Crippen molar-refractivity contribution >= 4 is 5.97 Å². The molecule has 2 unspecified atom stereocenters. The summed E-state index contributed by atoms with van der Waals surface area (Å²) in [6.45, 7) is 2.03. The summed E-state index contributed by atoms with van der Waals surface area (Å²) in [5, 5.41) is 9.26. The first-order chi connectivity index (χ1) is 7.74. The molecule has 1 aromatic heterocycles. The van der Waals surface area contributed by atoms with Crippen molar-refractivity contribution in [2.75, 3.05) is 0 Å². The number of carboxylic acid groups (broad SMARTS) is 1. The SMILES string of the molecule is CCCC(C(=O)O)C1CCc2cccnc21. The molecule has 0 saturated heterocycles. The number of carboxylic acids is 1. The molecular formula is C13H17NO2. The third-order valence-corrected chi connectivity index (χ3v) is 3.40. The van der Waals surface area contributed by atoms with Crippen LogP contribution < -0.4 is 0 Å². The Labute approximate surface area is 95.5 Å². The maximum absolute atomic E-state index is 11.3. The predicted molar refractivity (Wildman–Crippen MR) is 61.3 cm³/mol. The van der Waals surface area contributed by atoms with E-state index >= 15 is 0 Å². The lowest BCUT2D eigenvalue weighted by molar-refractivity contribution is -0.142. The van der Waals surface area contributed by atoms with Crippen LogP contribution in [-0.2, 0) is 11.2 Å². The zero-order chi connectivity index (χ0) is 11.5. The van der Waals surface area contributed by atoms with Gasteiger partial charge in [-0.2, -0.15) is 0 Å². The first-order valence-electron chi connectivity index (χ1n) is 5.90. The van der Waals surface area contributed by atoms with E-state index in [2.05, 4.69) is 11.1 Å². The number of aryl methyl sites for hydroxylation is 1. The Balaban J connectivity index is 2.25. The van der Waals surface area contributed by atoms with Gasteiger partial charge >= 0.3 is 5.97 Å². The fourth-order valence-corrected chi connectivity index (χ4v) is 2.64. The molecule has 0 amide bonds. The van der Waals surface area contributed by atoms with Crippen molar-refractivity contribution in [3.05, 3.63) is 29.6 Å². The van der Waals surface area contributed by atoms with Crippen molar-refractivity contribution in [3.63, 3.8) is 0 Å². The third kappa shape index (κ3) is 1.94. The minimum Gasteiger partial charge on any atom is -0.481 e. The minimum absolute atomic E-state index is 0.119. The van der Waals surface area contributed by atoms with Crippen LogP contribution in [-0.4, -0.2) is 16.1 Å². The number of hydrogen-bond donors (Lipinski definition) is 1. The number of carbonyl (C=O) groups is 1. The second-order valence-corrected chi connectivity index (χ2v) is 4.43. The van der Waals surface area contributed by atoms with Gasteiger partial charge in [-0.3, -0.25) is 9.78 Å². The van der Waals surface area contributed by atoms with E-state index in [0.29, 0.717) is 0 Å². The lowest BCUT2D eigenvalue weighted by atomic mass is 9.86. The smallest absolute Gasteiger partial charge is 0.307 e.